The lowest BCUT2D eigenvalue weighted by atomic mass is 10.0. The largest absolute Gasteiger partial charge is 0.329 e. The van der Waals surface area contributed by atoms with Crippen molar-refractivity contribution in [2.75, 3.05) is 0 Å². The van der Waals surface area contributed by atoms with Gasteiger partial charge in [-0.1, -0.05) is 24.4 Å². The number of hydrogen-bond donors (Lipinski definition) is 1. The van der Waals surface area contributed by atoms with E-state index in [-0.39, 0.29) is 23.2 Å². The Morgan fingerprint density at radius 2 is 2.10 bits per heavy atom. The molecule has 0 radical (unpaired) electrons. The molecule has 6 nitrogen and oxygen atoms in total. The van der Waals surface area contributed by atoms with Crippen LogP contribution in [-0.4, -0.2) is 19.7 Å². The number of aromatic amines is 1. The molecule has 1 fully saturated rings. The van der Waals surface area contributed by atoms with Gasteiger partial charge in [-0.05, 0) is 30.9 Å². The van der Waals surface area contributed by atoms with E-state index in [4.69, 9.17) is 11.6 Å². The van der Waals surface area contributed by atoms with Crippen LogP contribution in [0.5, 0.6) is 0 Å². The van der Waals surface area contributed by atoms with Gasteiger partial charge in [0.15, 0.2) is 0 Å². The Balaban J connectivity index is 2.06. The van der Waals surface area contributed by atoms with Crippen molar-refractivity contribution in [3.63, 3.8) is 0 Å². The summed E-state index contributed by atoms with van der Waals surface area (Å²) < 4.78 is 1.14. The van der Waals surface area contributed by atoms with Gasteiger partial charge in [-0.15, -0.1) is 0 Å². The highest BCUT2D eigenvalue weighted by atomic mass is 35.5. The van der Waals surface area contributed by atoms with E-state index in [1.165, 1.54) is 0 Å². The number of rotatable bonds is 3. The molecule has 7 heteroatoms. The van der Waals surface area contributed by atoms with Crippen LogP contribution in [0.1, 0.15) is 42.9 Å². The highest BCUT2D eigenvalue weighted by molar-refractivity contribution is 6.30. The maximum Gasteiger partial charge on any atom is 0.329 e. The van der Waals surface area contributed by atoms with Crippen molar-refractivity contribution >= 4 is 11.6 Å². The third kappa shape index (κ3) is 2.76. The van der Waals surface area contributed by atoms with Crippen LogP contribution in [0.3, 0.4) is 0 Å². The van der Waals surface area contributed by atoms with E-state index in [1.807, 2.05) is 0 Å². The van der Waals surface area contributed by atoms with Crippen molar-refractivity contribution in [3.8, 4) is 0 Å². The fourth-order valence-corrected chi connectivity index (χ4v) is 3.17. The standard InChI is InChI=1S/C14H15ClN4O2/c15-12-11(9-4-1-2-5-9)13(20)19(14(21)17-12)8-10-6-3-7-16-18-10/h3,6-7,9H,1-2,4-5,8H2,(H,17,21). The fourth-order valence-electron chi connectivity index (χ4n) is 2.85. The van der Waals surface area contributed by atoms with Crippen molar-refractivity contribution in [2.45, 2.75) is 38.1 Å². The first-order chi connectivity index (χ1) is 10.2. The lowest BCUT2D eigenvalue weighted by Gasteiger charge is -2.13. The van der Waals surface area contributed by atoms with Gasteiger partial charge in [0.05, 0.1) is 17.8 Å². The molecule has 110 valence electrons. The molecular formula is C14H15ClN4O2. The maximum absolute atomic E-state index is 12.6. The van der Waals surface area contributed by atoms with E-state index in [2.05, 4.69) is 15.2 Å². The second-order valence-corrected chi connectivity index (χ2v) is 5.62. The molecule has 0 spiro atoms. The number of aromatic nitrogens is 4. The summed E-state index contributed by atoms with van der Waals surface area (Å²) in [7, 11) is 0. The first-order valence-corrected chi connectivity index (χ1v) is 7.33. The summed E-state index contributed by atoms with van der Waals surface area (Å²) >= 11 is 6.09. The van der Waals surface area contributed by atoms with Crippen LogP contribution in [0.25, 0.3) is 0 Å². The van der Waals surface area contributed by atoms with Gasteiger partial charge in [-0.25, -0.2) is 4.79 Å². The summed E-state index contributed by atoms with van der Waals surface area (Å²) in [6.07, 6.45) is 5.59. The fraction of sp³-hybridized carbons (Fsp3) is 0.429. The normalized spacial score (nSPS) is 15.5. The molecule has 0 bridgehead atoms. The number of nitrogens with zero attached hydrogens (tertiary/aromatic N) is 3. The SMILES string of the molecule is O=c1[nH]c(Cl)c(C2CCCC2)c(=O)n1Cc1cccnn1. The second-order valence-electron chi connectivity index (χ2n) is 5.25. The van der Waals surface area contributed by atoms with E-state index in [0.29, 0.717) is 11.3 Å². The van der Waals surface area contributed by atoms with Crippen molar-refractivity contribution in [1.29, 1.82) is 0 Å². The molecule has 0 atom stereocenters. The van der Waals surface area contributed by atoms with Crippen LogP contribution >= 0.6 is 11.6 Å². The van der Waals surface area contributed by atoms with Crippen molar-refractivity contribution < 1.29 is 0 Å². The number of halogens is 1. The van der Waals surface area contributed by atoms with Gasteiger partial charge in [0, 0.05) is 6.20 Å². The Morgan fingerprint density at radius 3 is 2.76 bits per heavy atom. The van der Waals surface area contributed by atoms with E-state index >= 15 is 0 Å². The third-order valence-corrected chi connectivity index (χ3v) is 4.18. The highest BCUT2D eigenvalue weighted by Crippen LogP contribution is 2.34. The molecule has 0 saturated heterocycles. The van der Waals surface area contributed by atoms with Crippen LogP contribution in [0.4, 0.5) is 0 Å². The number of hydrogen-bond acceptors (Lipinski definition) is 4. The minimum atomic E-state index is -0.516. The van der Waals surface area contributed by atoms with E-state index in [0.717, 1.165) is 30.3 Å². The Hall–Kier alpha value is -1.95. The molecule has 1 saturated carbocycles. The van der Waals surface area contributed by atoms with Crippen LogP contribution in [0.15, 0.2) is 27.9 Å². The summed E-state index contributed by atoms with van der Waals surface area (Å²) in [6, 6.07) is 3.44. The Bertz CT molecular complexity index is 748. The van der Waals surface area contributed by atoms with Crippen molar-refractivity contribution in [3.05, 3.63) is 55.6 Å². The van der Waals surface area contributed by atoms with E-state index in [1.54, 1.807) is 18.3 Å². The zero-order valence-corrected chi connectivity index (χ0v) is 12.1. The predicted molar refractivity (Wildman–Crippen MR) is 78.7 cm³/mol. The smallest absolute Gasteiger partial charge is 0.297 e. The molecule has 1 aliphatic rings. The molecule has 0 aromatic carbocycles. The minimum absolute atomic E-state index is 0.0961. The molecule has 2 aromatic rings. The number of nitrogens with one attached hydrogen (secondary N) is 1. The van der Waals surface area contributed by atoms with E-state index in [9.17, 15) is 9.59 Å². The predicted octanol–water partition coefficient (Wildman–Crippen LogP) is 1.69. The van der Waals surface area contributed by atoms with Crippen LogP contribution in [0.2, 0.25) is 5.15 Å². The van der Waals surface area contributed by atoms with Gasteiger partial charge in [-0.3, -0.25) is 14.3 Å². The summed E-state index contributed by atoms with van der Waals surface area (Å²) in [5, 5.41) is 7.84. The van der Waals surface area contributed by atoms with Gasteiger partial charge < -0.3 is 0 Å². The zero-order chi connectivity index (χ0) is 14.8. The monoisotopic (exact) mass is 306 g/mol. The average molecular weight is 307 g/mol. The quantitative estimate of drug-likeness (QED) is 0.875. The molecule has 1 N–H and O–H groups in total. The zero-order valence-electron chi connectivity index (χ0n) is 11.4. The van der Waals surface area contributed by atoms with Gasteiger partial charge in [0.1, 0.15) is 5.15 Å². The van der Waals surface area contributed by atoms with Crippen LogP contribution in [-0.2, 0) is 6.54 Å². The summed E-state index contributed by atoms with van der Waals surface area (Å²) in [5.41, 5.74) is 0.251. The molecule has 0 aliphatic heterocycles. The number of H-pyrrole nitrogens is 1. The van der Waals surface area contributed by atoms with Gasteiger partial charge in [0.25, 0.3) is 5.56 Å². The van der Waals surface area contributed by atoms with Crippen LogP contribution < -0.4 is 11.2 Å². The van der Waals surface area contributed by atoms with Crippen molar-refractivity contribution in [2.24, 2.45) is 0 Å². The van der Waals surface area contributed by atoms with Gasteiger partial charge in [-0.2, -0.15) is 10.2 Å². The van der Waals surface area contributed by atoms with Gasteiger partial charge >= 0.3 is 5.69 Å². The Labute approximate surface area is 125 Å². The first kappa shape index (κ1) is 14.0. The summed E-state index contributed by atoms with van der Waals surface area (Å²) in [4.78, 5) is 27.2. The Kier molecular flexibility index (Phi) is 3.88. The third-order valence-electron chi connectivity index (χ3n) is 3.88. The molecule has 0 amide bonds. The van der Waals surface area contributed by atoms with Gasteiger partial charge in [0.2, 0.25) is 0 Å². The molecule has 3 rings (SSSR count). The highest BCUT2D eigenvalue weighted by Gasteiger charge is 2.25. The molecule has 1 aliphatic carbocycles. The first-order valence-electron chi connectivity index (χ1n) is 6.96. The minimum Gasteiger partial charge on any atom is -0.297 e. The topological polar surface area (TPSA) is 80.6 Å². The molecular weight excluding hydrogens is 292 g/mol. The Morgan fingerprint density at radius 1 is 1.33 bits per heavy atom. The maximum atomic E-state index is 12.6. The van der Waals surface area contributed by atoms with Crippen LogP contribution in [0, 0.1) is 0 Å². The molecule has 21 heavy (non-hydrogen) atoms. The average Bonchev–Trinajstić information content (AvgIpc) is 2.98. The molecule has 2 aromatic heterocycles. The molecule has 0 unspecified atom stereocenters. The van der Waals surface area contributed by atoms with E-state index < -0.39 is 5.69 Å². The lowest BCUT2D eigenvalue weighted by Crippen LogP contribution is -2.38. The van der Waals surface area contributed by atoms with Crippen molar-refractivity contribution in [1.82, 2.24) is 19.7 Å². The second kappa shape index (κ2) is 5.81. The lowest BCUT2D eigenvalue weighted by molar-refractivity contribution is 0.630. The molecule has 2 heterocycles. The summed E-state index contributed by atoms with van der Waals surface area (Å²) in [6.45, 7) is 0.0961. The summed E-state index contributed by atoms with van der Waals surface area (Å²) in [5.74, 6) is 0.134.